The molecule has 0 saturated heterocycles. The van der Waals surface area contributed by atoms with Gasteiger partial charge in [-0.15, -0.1) is 0 Å². The number of carboxylic acids is 1. The maximum atomic E-state index is 11.0. The van der Waals surface area contributed by atoms with E-state index in [0.717, 1.165) is 28.7 Å². The second kappa shape index (κ2) is 8.50. The van der Waals surface area contributed by atoms with Crippen molar-refractivity contribution in [1.29, 1.82) is 0 Å². The van der Waals surface area contributed by atoms with Crippen LogP contribution in [0.3, 0.4) is 0 Å². The van der Waals surface area contributed by atoms with Crippen LogP contribution < -0.4 is 0 Å². The average Bonchev–Trinajstić information content (AvgIpc) is 2.78. The van der Waals surface area contributed by atoms with Crippen LogP contribution in [0.1, 0.15) is 58.4 Å². The maximum absolute atomic E-state index is 11.0. The molecule has 0 unspecified atom stereocenters. The van der Waals surface area contributed by atoms with E-state index in [4.69, 9.17) is 5.11 Å². The third-order valence-corrected chi connectivity index (χ3v) is 5.62. The van der Waals surface area contributed by atoms with Gasteiger partial charge in [-0.3, -0.25) is 0 Å². The number of carbonyl (C=O) groups is 1. The van der Waals surface area contributed by atoms with Gasteiger partial charge in [-0.1, -0.05) is 86.4 Å². The number of hydrogen-bond donors (Lipinski definition) is 1. The molecular formula is C29H24O2. The maximum Gasteiger partial charge on any atom is 0.335 e. The highest BCUT2D eigenvalue weighted by atomic mass is 16.4. The van der Waals surface area contributed by atoms with Crippen LogP contribution in [0.4, 0.5) is 0 Å². The topological polar surface area (TPSA) is 37.3 Å². The van der Waals surface area contributed by atoms with Crippen molar-refractivity contribution in [2.24, 2.45) is 0 Å². The molecule has 1 aliphatic carbocycles. The van der Waals surface area contributed by atoms with Gasteiger partial charge in [-0.05, 0) is 64.4 Å². The van der Waals surface area contributed by atoms with Gasteiger partial charge >= 0.3 is 5.97 Å². The van der Waals surface area contributed by atoms with Gasteiger partial charge in [0.05, 0.1) is 5.56 Å². The number of carboxylic acid groups (broad SMARTS) is 1. The molecule has 31 heavy (non-hydrogen) atoms. The molecule has 0 aromatic heterocycles. The molecule has 3 aromatic rings. The van der Waals surface area contributed by atoms with Crippen molar-refractivity contribution in [3.05, 3.63) is 112 Å². The summed E-state index contributed by atoms with van der Waals surface area (Å²) in [5.74, 6) is 5.76. The van der Waals surface area contributed by atoms with E-state index in [2.05, 4.69) is 56.0 Å². The lowest BCUT2D eigenvalue weighted by molar-refractivity contribution is 0.0697. The molecule has 1 N–H and O–H groups in total. The Balaban J connectivity index is 1.65. The van der Waals surface area contributed by atoms with E-state index >= 15 is 0 Å². The van der Waals surface area contributed by atoms with Gasteiger partial charge in [0.1, 0.15) is 0 Å². The van der Waals surface area contributed by atoms with Crippen LogP contribution >= 0.6 is 0 Å². The molecule has 0 atom stereocenters. The molecule has 2 heteroatoms. The molecule has 1 aliphatic rings. The zero-order valence-corrected chi connectivity index (χ0v) is 17.7. The van der Waals surface area contributed by atoms with Crippen molar-refractivity contribution in [3.8, 4) is 11.8 Å². The highest BCUT2D eigenvalue weighted by Crippen LogP contribution is 2.39. The van der Waals surface area contributed by atoms with Crippen LogP contribution in [0, 0.1) is 11.8 Å². The van der Waals surface area contributed by atoms with Gasteiger partial charge in [0, 0.05) is 11.1 Å². The Morgan fingerprint density at radius 2 is 1.58 bits per heavy atom. The summed E-state index contributed by atoms with van der Waals surface area (Å²) in [6.07, 6.45) is 7.26. The molecule has 0 fully saturated rings. The van der Waals surface area contributed by atoms with E-state index in [1.165, 1.54) is 11.1 Å². The zero-order chi connectivity index (χ0) is 21.8. The van der Waals surface area contributed by atoms with E-state index in [-0.39, 0.29) is 5.41 Å². The van der Waals surface area contributed by atoms with Gasteiger partial charge in [0.25, 0.3) is 0 Å². The SMILES string of the molecule is CC1(C)CC=C(C#Cc2ccccc2)c2cc(C=Cc3ccc(C(=O)O)cc3)ccc21. The Morgan fingerprint density at radius 1 is 0.903 bits per heavy atom. The summed E-state index contributed by atoms with van der Waals surface area (Å²) >= 11 is 0. The number of rotatable bonds is 3. The fraction of sp³-hybridized carbons (Fsp3) is 0.138. The van der Waals surface area contributed by atoms with E-state index in [9.17, 15) is 4.79 Å². The number of hydrogen-bond acceptors (Lipinski definition) is 1. The molecule has 152 valence electrons. The summed E-state index contributed by atoms with van der Waals surface area (Å²) in [5, 5.41) is 9.05. The molecule has 3 aromatic carbocycles. The molecule has 0 radical (unpaired) electrons. The molecule has 0 spiro atoms. The van der Waals surface area contributed by atoms with Gasteiger partial charge < -0.3 is 5.11 Å². The molecule has 2 nitrogen and oxygen atoms in total. The van der Waals surface area contributed by atoms with Crippen molar-refractivity contribution in [2.45, 2.75) is 25.7 Å². The summed E-state index contributed by atoms with van der Waals surface area (Å²) in [6.45, 7) is 4.53. The minimum atomic E-state index is -0.913. The highest BCUT2D eigenvalue weighted by molar-refractivity contribution is 5.88. The normalized spacial score (nSPS) is 14.3. The van der Waals surface area contributed by atoms with E-state index in [1.54, 1.807) is 12.1 Å². The fourth-order valence-corrected chi connectivity index (χ4v) is 3.76. The second-order valence-electron chi connectivity index (χ2n) is 8.39. The smallest absolute Gasteiger partial charge is 0.335 e. The van der Waals surface area contributed by atoms with Crippen LogP contribution in [0.5, 0.6) is 0 Å². The number of fused-ring (bicyclic) bond motifs is 1. The molecular weight excluding hydrogens is 380 g/mol. The molecule has 0 amide bonds. The number of allylic oxidation sites excluding steroid dienone is 2. The van der Waals surface area contributed by atoms with Crippen LogP contribution in [-0.2, 0) is 5.41 Å². The van der Waals surface area contributed by atoms with Crippen molar-refractivity contribution < 1.29 is 9.90 Å². The van der Waals surface area contributed by atoms with Crippen LogP contribution in [0.25, 0.3) is 17.7 Å². The van der Waals surface area contributed by atoms with E-state index in [1.807, 2.05) is 48.5 Å². The number of benzene rings is 3. The molecule has 0 bridgehead atoms. The lowest BCUT2D eigenvalue weighted by Crippen LogP contribution is -2.21. The standard InChI is InChI=1S/C29H24O2/c1-29(2)19-18-24(14-10-21-6-4-3-5-7-21)26-20-23(13-17-27(26)29)9-8-22-11-15-25(16-12-22)28(30)31/h3-9,11-13,15-18,20H,19H2,1-2H3,(H,30,31). The lowest BCUT2D eigenvalue weighted by Gasteiger charge is -2.31. The first kappa shape index (κ1) is 20.4. The monoisotopic (exact) mass is 404 g/mol. The minimum absolute atomic E-state index is 0.0716. The largest absolute Gasteiger partial charge is 0.478 e. The zero-order valence-electron chi connectivity index (χ0n) is 17.7. The van der Waals surface area contributed by atoms with Crippen molar-refractivity contribution in [2.75, 3.05) is 0 Å². The fourth-order valence-electron chi connectivity index (χ4n) is 3.76. The van der Waals surface area contributed by atoms with Gasteiger partial charge in [-0.2, -0.15) is 0 Å². The third kappa shape index (κ3) is 4.68. The Morgan fingerprint density at radius 3 is 2.29 bits per heavy atom. The number of aromatic carboxylic acids is 1. The molecule has 0 aliphatic heterocycles. The van der Waals surface area contributed by atoms with Crippen molar-refractivity contribution >= 4 is 23.7 Å². The summed E-state index contributed by atoms with van der Waals surface area (Å²) in [6, 6.07) is 23.5. The van der Waals surface area contributed by atoms with Crippen LogP contribution in [0.2, 0.25) is 0 Å². The predicted octanol–water partition coefficient (Wildman–Crippen LogP) is 6.67. The summed E-state index contributed by atoms with van der Waals surface area (Å²) in [4.78, 5) is 11.0. The highest BCUT2D eigenvalue weighted by Gasteiger charge is 2.27. The minimum Gasteiger partial charge on any atom is -0.478 e. The predicted molar refractivity (Wildman–Crippen MR) is 128 cm³/mol. The third-order valence-electron chi connectivity index (χ3n) is 5.62. The van der Waals surface area contributed by atoms with Crippen molar-refractivity contribution in [3.63, 3.8) is 0 Å². The second-order valence-corrected chi connectivity index (χ2v) is 8.39. The van der Waals surface area contributed by atoms with Crippen molar-refractivity contribution in [1.82, 2.24) is 0 Å². The first-order valence-electron chi connectivity index (χ1n) is 10.4. The van der Waals surface area contributed by atoms with Crippen LogP contribution in [-0.4, -0.2) is 11.1 Å². The van der Waals surface area contributed by atoms with E-state index < -0.39 is 5.97 Å². The van der Waals surface area contributed by atoms with Gasteiger partial charge in [0.15, 0.2) is 0 Å². The first-order valence-corrected chi connectivity index (χ1v) is 10.4. The van der Waals surface area contributed by atoms with Gasteiger partial charge in [-0.25, -0.2) is 4.79 Å². The summed E-state index contributed by atoms with van der Waals surface area (Å²) in [7, 11) is 0. The Labute approximate surface area is 183 Å². The Hall–Kier alpha value is -3.83. The lowest BCUT2D eigenvalue weighted by atomic mass is 9.73. The molecule has 0 saturated carbocycles. The molecule has 0 heterocycles. The van der Waals surface area contributed by atoms with E-state index in [0.29, 0.717) is 5.56 Å². The van der Waals surface area contributed by atoms with Gasteiger partial charge in [0.2, 0.25) is 0 Å². The van der Waals surface area contributed by atoms with Crippen LogP contribution in [0.15, 0.2) is 78.9 Å². The summed E-state index contributed by atoms with van der Waals surface area (Å²) in [5.41, 5.74) is 6.99. The Kier molecular flexibility index (Phi) is 5.60. The first-order chi connectivity index (χ1) is 14.9. The molecule has 4 rings (SSSR count). The average molecular weight is 405 g/mol. The Bertz CT molecular complexity index is 1230. The quantitative estimate of drug-likeness (QED) is 0.391. The summed E-state index contributed by atoms with van der Waals surface area (Å²) < 4.78 is 0.